The van der Waals surface area contributed by atoms with Crippen molar-refractivity contribution in [3.05, 3.63) is 80.6 Å². The number of nitrogens with zero attached hydrogens (tertiary/aromatic N) is 5. The minimum absolute atomic E-state index is 0.0354. The zero-order valence-corrected chi connectivity index (χ0v) is 19.2. The summed E-state index contributed by atoms with van der Waals surface area (Å²) in [6, 6.07) is 17.4. The van der Waals surface area contributed by atoms with Gasteiger partial charge in [-0.15, -0.1) is 0 Å². The lowest BCUT2D eigenvalue weighted by Crippen LogP contribution is -2.36. The lowest BCUT2D eigenvalue weighted by Gasteiger charge is -2.26. The number of aryl methyl sites for hydroxylation is 1. The number of aromatic nitrogens is 2. The number of pyridine rings is 1. The van der Waals surface area contributed by atoms with Crippen LogP contribution in [0.1, 0.15) is 18.4 Å². The second-order valence-electron chi connectivity index (χ2n) is 8.65. The Kier molecular flexibility index (Phi) is 6.31. The standard InChI is InChI=1S/C26H25N5O4/c27-18-19-17-24-25(30(26(19)32)20-7-9-21(10-8-20)31(33)34)22-5-1-2-6-23(22)29(24)12-4-3-11-28-13-15-35-16-14-28/h1-2,5-10,17H,3-4,11-16H2. The number of rotatable bonds is 7. The Balaban J connectivity index is 1.59. The summed E-state index contributed by atoms with van der Waals surface area (Å²) < 4.78 is 9.10. The molecule has 1 fully saturated rings. The SMILES string of the molecule is N#Cc1cc2c(c3ccccc3n2CCCCN2CCOCC2)n(-c2ccc([N+](=O)[O-])cc2)c1=O. The molecule has 0 saturated carbocycles. The van der Waals surface area contributed by atoms with E-state index in [2.05, 4.69) is 9.47 Å². The van der Waals surface area contributed by atoms with E-state index in [4.69, 9.17) is 4.74 Å². The van der Waals surface area contributed by atoms with Crippen molar-refractivity contribution in [1.29, 1.82) is 5.26 Å². The Morgan fingerprint density at radius 2 is 1.71 bits per heavy atom. The van der Waals surface area contributed by atoms with E-state index < -0.39 is 10.5 Å². The number of fused-ring (bicyclic) bond motifs is 3. The van der Waals surface area contributed by atoms with Crippen LogP contribution in [0.15, 0.2) is 59.4 Å². The van der Waals surface area contributed by atoms with Gasteiger partial charge in [-0.2, -0.15) is 5.26 Å². The molecule has 9 heteroatoms. The molecular weight excluding hydrogens is 446 g/mol. The van der Waals surface area contributed by atoms with Gasteiger partial charge in [0.05, 0.1) is 34.7 Å². The van der Waals surface area contributed by atoms with Crippen molar-refractivity contribution in [2.75, 3.05) is 32.8 Å². The van der Waals surface area contributed by atoms with E-state index in [-0.39, 0.29) is 11.3 Å². The molecule has 4 aromatic rings. The Morgan fingerprint density at radius 3 is 2.43 bits per heavy atom. The monoisotopic (exact) mass is 471 g/mol. The summed E-state index contributed by atoms with van der Waals surface area (Å²) in [7, 11) is 0. The third-order valence-corrected chi connectivity index (χ3v) is 6.57. The molecule has 0 atom stereocenters. The van der Waals surface area contributed by atoms with Gasteiger partial charge in [-0.3, -0.25) is 24.4 Å². The highest BCUT2D eigenvalue weighted by Gasteiger charge is 2.19. The Hall–Kier alpha value is -4.00. The Bertz CT molecular complexity index is 1490. The summed E-state index contributed by atoms with van der Waals surface area (Å²) in [6.07, 6.45) is 1.98. The van der Waals surface area contributed by atoms with Gasteiger partial charge in [-0.1, -0.05) is 18.2 Å². The normalized spacial score (nSPS) is 14.4. The molecule has 0 radical (unpaired) electrons. The smallest absolute Gasteiger partial charge is 0.273 e. The van der Waals surface area contributed by atoms with Crippen molar-refractivity contribution < 1.29 is 9.66 Å². The molecule has 2 aromatic carbocycles. The van der Waals surface area contributed by atoms with Crippen molar-refractivity contribution in [1.82, 2.24) is 14.0 Å². The van der Waals surface area contributed by atoms with E-state index in [1.807, 2.05) is 30.3 Å². The van der Waals surface area contributed by atoms with Crippen LogP contribution in [0.5, 0.6) is 0 Å². The van der Waals surface area contributed by atoms with Gasteiger partial charge in [0.25, 0.3) is 11.2 Å². The lowest BCUT2D eigenvalue weighted by atomic mass is 10.2. The highest BCUT2D eigenvalue weighted by Crippen LogP contribution is 2.31. The van der Waals surface area contributed by atoms with Crippen LogP contribution in [0.2, 0.25) is 0 Å². The summed E-state index contributed by atoms with van der Waals surface area (Å²) in [5.74, 6) is 0. The minimum Gasteiger partial charge on any atom is -0.379 e. The molecule has 5 rings (SSSR count). The summed E-state index contributed by atoms with van der Waals surface area (Å²) in [4.78, 5) is 26.4. The van der Waals surface area contributed by atoms with Crippen LogP contribution in [0, 0.1) is 21.4 Å². The molecule has 3 heterocycles. The third kappa shape index (κ3) is 4.30. The van der Waals surface area contributed by atoms with E-state index in [9.17, 15) is 20.2 Å². The first-order valence-corrected chi connectivity index (χ1v) is 11.7. The highest BCUT2D eigenvalue weighted by molar-refractivity contribution is 6.07. The second-order valence-corrected chi connectivity index (χ2v) is 8.65. The first-order valence-electron chi connectivity index (χ1n) is 11.7. The van der Waals surface area contributed by atoms with Gasteiger partial charge in [0.1, 0.15) is 11.6 Å². The molecule has 0 spiro atoms. The van der Waals surface area contributed by atoms with Crippen molar-refractivity contribution in [2.45, 2.75) is 19.4 Å². The molecule has 9 nitrogen and oxygen atoms in total. The number of hydrogen-bond donors (Lipinski definition) is 0. The first kappa shape index (κ1) is 22.8. The average molecular weight is 472 g/mol. The minimum atomic E-state index is -0.476. The van der Waals surface area contributed by atoms with Crippen LogP contribution in [0.3, 0.4) is 0 Å². The maximum Gasteiger partial charge on any atom is 0.273 e. The predicted molar refractivity (Wildman–Crippen MR) is 133 cm³/mol. The van der Waals surface area contributed by atoms with E-state index in [1.165, 1.54) is 16.7 Å². The lowest BCUT2D eigenvalue weighted by molar-refractivity contribution is -0.384. The van der Waals surface area contributed by atoms with Gasteiger partial charge >= 0.3 is 0 Å². The van der Waals surface area contributed by atoms with Crippen LogP contribution in [-0.2, 0) is 11.3 Å². The first-order chi connectivity index (χ1) is 17.1. The number of para-hydroxylation sites is 1. The van der Waals surface area contributed by atoms with Crippen molar-refractivity contribution in [2.24, 2.45) is 0 Å². The molecule has 178 valence electrons. The van der Waals surface area contributed by atoms with E-state index in [0.717, 1.165) is 68.7 Å². The number of non-ortho nitro benzene ring substituents is 1. The number of nitro benzene ring substituents is 1. The molecular formula is C26H25N5O4. The summed E-state index contributed by atoms with van der Waals surface area (Å²) in [5.41, 5.74) is 2.50. The van der Waals surface area contributed by atoms with Gasteiger partial charge in [-0.25, -0.2) is 0 Å². The van der Waals surface area contributed by atoms with Gasteiger partial charge in [0, 0.05) is 42.8 Å². The van der Waals surface area contributed by atoms with Crippen LogP contribution in [-0.4, -0.2) is 51.8 Å². The molecule has 0 amide bonds. The van der Waals surface area contributed by atoms with Crippen molar-refractivity contribution in [3.63, 3.8) is 0 Å². The fourth-order valence-corrected chi connectivity index (χ4v) is 4.83. The fraction of sp³-hybridized carbons (Fsp3) is 0.308. The largest absolute Gasteiger partial charge is 0.379 e. The molecule has 1 aliphatic rings. The van der Waals surface area contributed by atoms with Crippen LogP contribution >= 0.6 is 0 Å². The van der Waals surface area contributed by atoms with Gasteiger partial charge in [-0.05, 0) is 43.7 Å². The molecule has 0 bridgehead atoms. The molecule has 1 aliphatic heterocycles. The maximum absolute atomic E-state index is 13.3. The second kappa shape index (κ2) is 9.70. The summed E-state index contributed by atoms with van der Waals surface area (Å²) in [5, 5.41) is 21.7. The Labute approximate surface area is 201 Å². The quantitative estimate of drug-likeness (QED) is 0.230. The zero-order valence-electron chi connectivity index (χ0n) is 19.2. The number of hydrogen-bond acceptors (Lipinski definition) is 6. The number of nitro groups is 1. The molecule has 0 N–H and O–H groups in total. The molecule has 2 aromatic heterocycles. The Morgan fingerprint density at radius 1 is 1.00 bits per heavy atom. The molecule has 0 unspecified atom stereocenters. The fourth-order valence-electron chi connectivity index (χ4n) is 4.83. The van der Waals surface area contributed by atoms with Crippen molar-refractivity contribution in [3.8, 4) is 11.8 Å². The number of unbranched alkanes of at least 4 members (excludes halogenated alkanes) is 1. The van der Waals surface area contributed by atoms with Gasteiger partial charge < -0.3 is 9.30 Å². The zero-order chi connectivity index (χ0) is 24.4. The average Bonchev–Trinajstić information content (AvgIpc) is 3.20. The number of ether oxygens (including phenoxy) is 1. The number of nitriles is 1. The molecule has 35 heavy (non-hydrogen) atoms. The highest BCUT2D eigenvalue weighted by atomic mass is 16.6. The molecule has 1 saturated heterocycles. The van der Waals surface area contributed by atoms with Gasteiger partial charge in [0.15, 0.2) is 0 Å². The van der Waals surface area contributed by atoms with E-state index in [1.54, 1.807) is 18.2 Å². The van der Waals surface area contributed by atoms with Crippen LogP contribution in [0.25, 0.3) is 27.6 Å². The number of benzene rings is 2. The van der Waals surface area contributed by atoms with Crippen LogP contribution < -0.4 is 5.56 Å². The third-order valence-electron chi connectivity index (χ3n) is 6.57. The summed E-state index contributed by atoms with van der Waals surface area (Å²) >= 11 is 0. The predicted octanol–water partition coefficient (Wildman–Crippen LogP) is 3.84. The topological polar surface area (TPSA) is 106 Å². The van der Waals surface area contributed by atoms with Crippen molar-refractivity contribution >= 4 is 27.6 Å². The van der Waals surface area contributed by atoms with Crippen LogP contribution in [0.4, 0.5) is 5.69 Å². The number of morpholine rings is 1. The van der Waals surface area contributed by atoms with E-state index >= 15 is 0 Å². The molecule has 0 aliphatic carbocycles. The summed E-state index contributed by atoms with van der Waals surface area (Å²) in [6.45, 7) is 5.24. The van der Waals surface area contributed by atoms with Gasteiger partial charge in [0.2, 0.25) is 0 Å². The maximum atomic E-state index is 13.3. The van der Waals surface area contributed by atoms with E-state index in [0.29, 0.717) is 11.2 Å².